The Morgan fingerprint density at radius 3 is 2.15 bits per heavy atom. The number of carbonyl (C=O) groups excluding carboxylic acids is 1. The van der Waals surface area contributed by atoms with Gasteiger partial charge in [-0.15, -0.1) is 0 Å². The summed E-state index contributed by atoms with van der Waals surface area (Å²) < 4.78 is 16.4. The van der Waals surface area contributed by atoms with Crippen LogP contribution in [0, 0.1) is 0 Å². The van der Waals surface area contributed by atoms with Crippen LogP contribution < -0.4 is 5.32 Å². The molecule has 0 aliphatic heterocycles. The summed E-state index contributed by atoms with van der Waals surface area (Å²) in [6.07, 6.45) is 2.36. The first-order valence-electron chi connectivity index (χ1n) is 7.72. The van der Waals surface area contributed by atoms with E-state index in [2.05, 4.69) is 11.9 Å². The van der Waals surface area contributed by atoms with Crippen molar-refractivity contribution < 1.29 is 18.4 Å². The fourth-order valence-corrected chi connectivity index (χ4v) is 4.46. The Bertz CT molecular complexity index is 245. The second-order valence-corrected chi connectivity index (χ2v) is 8.11. The third-order valence-electron chi connectivity index (χ3n) is 2.92. The minimum Gasteiger partial charge on any atom is -0.466 e. The third-order valence-corrected chi connectivity index (χ3v) is 5.98. The molecule has 0 bridgehead atoms. The highest BCUT2D eigenvalue weighted by Gasteiger charge is 2.29. The van der Waals surface area contributed by atoms with E-state index in [1.807, 2.05) is 20.8 Å². The van der Waals surface area contributed by atoms with E-state index in [9.17, 15) is 4.79 Å². The Morgan fingerprint density at radius 2 is 1.60 bits per heavy atom. The number of hydrogen-bond donors (Lipinski definition) is 1. The predicted molar refractivity (Wildman–Crippen MR) is 83.0 cm³/mol. The Kier molecular flexibility index (Phi) is 12.1. The molecule has 0 aliphatic rings. The molecule has 0 aliphatic carbocycles. The molecule has 120 valence electrons. The van der Waals surface area contributed by atoms with Crippen molar-refractivity contribution in [3.05, 3.63) is 0 Å². The van der Waals surface area contributed by atoms with Crippen LogP contribution in [0.4, 0.5) is 0 Å². The summed E-state index contributed by atoms with van der Waals surface area (Å²) in [5, 5.41) is 3.34. The highest BCUT2D eigenvalue weighted by molar-refractivity contribution is 6.66. The van der Waals surface area contributed by atoms with Crippen molar-refractivity contribution in [3.8, 4) is 0 Å². The van der Waals surface area contributed by atoms with Crippen LogP contribution in [0.5, 0.6) is 0 Å². The number of esters is 1. The quantitative estimate of drug-likeness (QED) is 0.322. The summed E-state index contributed by atoms with van der Waals surface area (Å²) in [6.45, 7) is 11.7. The normalized spacial score (nSPS) is 11.6. The number of hydrogen-bond acceptors (Lipinski definition) is 5. The van der Waals surface area contributed by atoms with Gasteiger partial charge >= 0.3 is 14.5 Å². The first-order chi connectivity index (χ1) is 9.58. The molecule has 20 heavy (non-hydrogen) atoms. The number of ether oxygens (including phenoxy) is 1. The average molecular weight is 305 g/mol. The Hall–Kier alpha value is -0.433. The summed E-state index contributed by atoms with van der Waals surface area (Å²) >= 11 is 0. The molecule has 0 amide bonds. The van der Waals surface area contributed by atoms with E-state index in [0.29, 0.717) is 13.0 Å². The Morgan fingerprint density at radius 1 is 1.00 bits per heavy atom. The molecule has 0 aromatic carbocycles. The van der Waals surface area contributed by atoms with Crippen LogP contribution in [0.3, 0.4) is 0 Å². The van der Waals surface area contributed by atoms with E-state index >= 15 is 0 Å². The smallest absolute Gasteiger partial charge is 0.334 e. The van der Waals surface area contributed by atoms with E-state index in [4.69, 9.17) is 13.6 Å². The molecule has 0 rings (SSSR count). The van der Waals surface area contributed by atoms with Crippen LogP contribution in [0.1, 0.15) is 40.0 Å². The predicted octanol–water partition coefficient (Wildman–Crippen LogP) is 2.45. The van der Waals surface area contributed by atoms with Crippen molar-refractivity contribution in [1.82, 2.24) is 5.32 Å². The summed E-state index contributed by atoms with van der Waals surface area (Å²) in [4.78, 5) is 11.1. The maximum absolute atomic E-state index is 11.1. The lowest BCUT2D eigenvalue weighted by molar-refractivity contribution is -0.143. The van der Waals surface area contributed by atoms with Gasteiger partial charge in [-0.2, -0.15) is 0 Å². The molecular formula is C14H31NO4Si. The molecule has 0 saturated heterocycles. The molecule has 0 aromatic heterocycles. The maximum Gasteiger partial charge on any atom is 0.334 e. The van der Waals surface area contributed by atoms with Crippen molar-refractivity contribution in [2.45, 2.75) is 52.6 Å². The standard InChI is InChI=1S/C14H31NO4Si/c1-5-17-14(16)10-8-11-15-12-9-13-20(4,18-6-2)19-7-3/h15H,5-13H2,1-4H3. The van der Waals surface area contributed by atoms with Gasteiger partial charge in [0.15, 0.2) is 0 Å². The molecule has 0 radical (unpaired) electrons. The zero-order valence-corrected chi connectivity index (χ0v) is 14.5. The highest BCUT2D eigenvalue weighted by Crippen LogP contribution is 2.15. The van der Waals surface area contributed by atoms with E-state index in [0.717, 1.165) is 45.2 Å². The first kappa shape index (κ1) is 19.6. The first-order valence-corrected chi connectivity index (χ1v) is 10.2. The van der Waals surface area contributed by atoms with Gasteiger partial charge in [0.2, 0.25) is 0 Å². The van der Waals surface area contributed by atoms with E-state index in [1.54, 1.807) is 0 Å². The molecule has 0 atom stereocenters. The monoisotopic (exact) mass is 305 g/mol. The van der Waals surface area contributed by atoms with Gasteiger partial charge in [-0.25, -0.2) is 0 Å². The third kappa shape index (κ3) is 10.4. The Labute approximate surface area is 124 Å². The van der Waals surface area contributed by atoms with Gasteiger partial charge in [0, 0.05) is 19.6 Å². The Balaban J connectivity index is 3.57. The topological polar surface area (TPSA) is 56.8 Å². The second kappa shape index (κ2) is 12.3. The number of nitrogens with one attached hydrogen (secondary N) is 1. The zero-order valence-electron chi connectivity index (χ0n) is 13.5. The largest absolute Gasteiger partial charge is 0.466 e. The fraction of sp³-hybridized carbons (Fsp3) is 0.929. The SMILES string of the molecule is CCOC(=O)CCCNCCC[Si](C)(OCC)OCC. The molecule has 5 nitrogen and oxygen atoms in total. The molecule has 1 N–H and O–H groups in total. The summed E-state index contributed by atoms with van der Waals surface area (Å²) in [7, 11) is -1.96. The molecule has 6 heteroatoms. The highest BCUT2D eigenvalue weighted by atomic mass is 28.4. The van der Waals surface area contributed by atoms with E-state index in [-0.39, 0.29) is 5.97 Å². The van der Waals surface area contributed by atoms with Crippen LogP contribution in [0.2, 0.25) is 12.6 Å². The molecule has 0 saturated carbocycles. The van der Waals surface area contributed by atoms with Crippen LogP contribution in [0.25, 0.3) is 0 Å². The van der Waals surface area contributed by atoms with Gasteiger partial charge < -0.3 is 18.9 Å². The van der Waals surface area contributed by atoms with E-state index in [1.165, 1.54) is 0 Å². The minimum atomic E-state index is -1.96. The molecular weight excluding hydrogens is 274 g/mol. The van der Waals surface area contributed by atoms with Crippen LogP contribution in [-0.4, -0.2) is 47.4 Å². The molecule has 0 spiro atoms. The molecule has 0 heterocycles. The fourth-order valence-electron chi connectivity index (χ4n) is 2.05. The second-order valence-electron chi connectivity index (χ2n) is 4.76. The summed E-state index contributed by atoms with van der Waals surface area (Å²) in [5.74, 6) is -0.109. The number of rotatable bonds is 13. The zero-order chi connectivity index (χ0) is 15.3. The van der Waals surface area contributed by atoms with E-state index < -0.39 is 8.56 Å². The van der Waals surface area contributed by atoms with Crippen molar-refractivity contribution in [3.63, 3.8) is 0 Å². The number of carbonyl (C=O) groups is 1. The van der Waals surface area contributed by atoms with Crippen molar-refractivity contribution in [1.29, 1.82) is 0 Å². The lowest BCUT2D eigenvalue weighted by Gasteiger charge is -2.25. The minimum absolute atomic E-state index is 0.109. The van der Waals surface area contributed by atoms with Gasteiger partial charge in [0.05, 0.1) is 6.61 Å². The van der Waals surface area contributed by atoms with Gasteiger partial charge in [-0.1, -0.05) is 0 Å². The summed E-state index contributed by atoms with van der Waals surface area (Å²) in [5.41, 5.74) is 0. The van der Waals surface area contributed by atoms with Crippen molar-refractivity contribution in [2.24, 2.45) is 0 Å². The van der Waals surface area contributed by atoms with Gasteiger partial charge in [0.1, 0.15) is 0 Å². The average Bonchev–Trinajstić information content (AvgIpc) is 2.38. The van der Waals surface area contributed by atoms with Gasteiger partial charge in [-0.3, -0.25) is 4.79 Å². The van der Waals surface area contributed by atoms with Crippen molar-refractivity contribution >= 4 is 14.5 Å². The van der Waals surface area contributed by atoms with Crippen LogP contribution in [-0.2, 0) is 18.4 Å². The lowest BCUT2D eigenvalue weighted by atomic mass is 10.3. The van der Waals surface area contributed by atoms with Crippen LogP contribution in [0.15, 0.2) is 0 Å². The lowest BCUT2D eigenvalue weighted by Crippen LogP contribution is -2.39. The van der Waals surface area contributed by atoms with Gasteiger partial charge in [0.25, 0.3) is 0 Å². The van der Waals surface area contributed by atoms with Crippen molar-refractivity contribution in [2.75, 3.05) is 32.9 Å². The molecule has 0 unspecified atom stereocenters. The van der Waals surface area contributed by atoms with Gasteiger partial charge in [-0.05, 0) is 59.3 Å². The van der Waals surface area contributed by atoms with Crippen LogP contribution >= 0.6 is 0 Å². The maximum atomic E-state index is 11.1. The molecule has 0 fully saturated rings. The summed E-state index contributed by atoms with van der Waals surface area (Å²) in [6, 6.07) is 1.000. The molecule has 0 aromatic rings.